The number of nitrogens with zero attached hydrogens (tertiary/aromatic N) is 2. The van der Waals surface area contributed by atoms with Crippen LogP contribution >= 0.6 is 0 Å². The van der Waals surface area contributed by atoms with Gasteiger partial charge in [0.05, 0.1) is 6.54 Å². The van der Waals surface area contributed by atoms with Crippen LogP contribution in [-0.2, 0) is 4.79 Å². The summed E-state index contributed by atoms with van der Waals surface area (Å²) < 4.78 is 24.8. The largest absolute Gasteiger partial charge is 0.325 e. The van der Waals surface area contributed by atoms with Gasteiger partial charge in [-0.1, -0.05) is 0 Å². The Kier molecular flexibility index (Phi) is 1.77. The first kappa shape index (κ1) is 7.92. The molecule has 5 heteroatoms. The molecule has 0 aromatic rings. The Labute approximate surface area is 62.2 Å². The molecule has 0 spiro atoms. The molecule has 0 radical (unpaired) electrons. The minimum absolute atomic E-state index is 0.0145. The van der Waals surface area contributed by atoms with E-state index in [0.29, 0.717) is 0 Å². The highest BCUT2D eigenvalue weighted by molar-refractivity contribution is 5.91. The van der Waals surface area contributed by atoms with Crippen molar-refractivity contribution in [2.75, 3.05) is 13.1 Å². The zero-order chi connectivity index (χ0) is 8.48. The summed E-state index contributed by atoms with van der Waals surface area (Å²) in [6.45, 7) is -0.626. The smallest absolute Gasteiger partial charge is 0.324 e. The van der Waals surface area contributed by atoms with E-state index in [1.165, 1.54) is 6.07 Å². The fourth-order valence-electron chi connectivity index (χ4n) is 0.980. The van der Waals surface area contributed by atoms with Crippen molar-refractivity contribution in [1.82, 2.24) is 4.90 Å². The van der Waals surface area contributed by atoms with Crippen LogP contribution < -0.4 is 0 Å². The lowest BCUT2D eigenvalue weighted by molar-refractivity contribution is -0.125. The Morgan fingerprint density at radius 2 is 2.27 bits per heavy atom. The number of alkyl halides is 2. The number of amides is 1. The topological polar surface area (TPSA) is 44.1 Å². The molecule has 0 N–H and O–H groups in total. The first-order valence-corrected chi connectivity index (χ1v) is 3.12. The van der Waals surface area contributed by atoms with Gasteiger partial charge >= 0.3 is 5.91 Å². The van der Waals surface area contributed by atoms with Crippen LogP contribution in [-0.4, -0.2) is 29.8 Å². The molecule has 0 bridgehead atoms. The summed E-state index contributed by atoms with van der Waals surface area (Å²) in [5.74, 6) is -3.67. The minimum Gasteiger partial charge on any atom is -0.324 e. The summed E-state index contributed by atoms with van der Waals surface area (Å²) in [5.41, 5.74) is 0. The molecule has 0 aliphatic carbocycles. The van der Waals surface area contributed by atoms with E-state index in [4.69, 9.17) is 5.26 Å². The van der Waals surface area contributed by atoms with Crippen molar-refractivity contribution in [2.24, 2.45) is 0 Å². The maximum atomic E-state index is 12.4. The highest BCUT2D eigenvalue weighted by Crippen LogP contribution is 2.26. The number of halogens is 2. The summed E-state index contributed by atoms with van der Waals surface area (Å²) in [5, 5.41) is 8.08. The number of rotatable bonds is 0. The van der Waals surface area contributed by atoms with Crippen molar-refractivity contribution in [3.8, 4) is 6.07 Å². The van der Waals surface area contributed by atoms with E-state index in [0.717, 1.165) is 4.90 Å². The Balaban J connectivity index is 2.57. The maximum absolute atomic E-state index is 12.4. The monoisotopic (exact) mass is 160 g/mol. The Hall–Kier alpha value is -1.18. The molecule has 1 heterocycles. The molecule has 11 heavy (non-hydrogen) atoms. The number of hydrogen-bond acceptors (Lipinski definition) is 2. The zero-order valence-electron chi connectivity index (χ0n) is 5.68. The van der Waals surface area contributed by atoms with Gasteiger partial charge in [0, 0.05) is 13.0 Å². The molecular weight excluding hydrogens is 154 g/mol. The summed E-state index contributed by atoms with van der Waals surface area (Å²) in [7, 11) is 0. The van der Waals surface area contributed by atoms with Gasteiger partial charge in [-0.2, -0.15) is 5.26 Å². The highest BCUT2D eigenvalue weighted by Gasteiger charge is 2.40. The van der Waals surface area contributed by atoms with Crippen LogP contribution in [0.15, 0.2) is 0 Å². The van der Waals surface area contributed by atoms with Crippen molar-refractivity contribution in [3.63, 3.8) is 0 Å². The first-order valence-electron chi connectivity index (χ1n) is 3.12. The van der Waals surface area contributed by atoms with Crippen molar-refractivity contribution in [2.45, 2.75) is 12.3 Å². The van der Waals surface area contributed by atoms with Gasteiger partial charge in [-0.05, 0) is 0 Å². The van der Waals surface area contributed by atoms with E-state index in [1.807, 2.05) is 0 Å². The molecule has 0 unspecified atom stereocenters. The fraction of sp³-hybridized carbons (Fsp3) is 0.667. The van der Waals surface area contributed by atoms with E-state index in [9.17, 15) is 13.6 Å². The molecule has 1 rings (SSSR count). The van der Waals surface area contributed by atoms with E-state index in [-0.39, 0.29) is 13.0 Å². The van der Waals surface area contributed by atoms with Crippen molar-refractivity contribution in [3.05, 3.63) is 0 Å². The summed E-state index contributed by atoms with van der Waals surface area (Å²) in [6.07, 6.45) is -0.333. The Morgan fingerprint density at radius 3 is 2.64 bits per heavy atom. The predicted octanol–water partition coefficient (Wildman–Crippen LogP) is 0.378. The third kappa shape index (κ3) is 1.64. The molecule has 1 aliphatic rings. The normalized spacial score (nSPS) is 21.4. The van der Waals surface area contributed by atoms with Crippen LogP contribution in [0.1, 0.15) is 6.42 Å². The maximum Gasteiger partial charge on any atom is 0.325 e. The van der Waals surface area contributed by atoms with Gasteiger partial charge in [-0.3, -0.25) is 4.79 Å². The zero-order valence-corrected chi connectivity index (χ0v) is 5.68. The van der Waals surface area contributed by atoms with E-state index >= 15 is 0 Å². The second kappa shape index (κ2) is 2.46. The van der Waals surface area contributed by atoms with Crippen molar-refractivity contribution >= 4 is 5.91 Å². The van der Waals surface area contributed by atoms with E-state index in [2.05, 4.69) is 0 Å². The molecule has 60 valence electrons. The second-order valence-electron chi connectivity index (χ2n) is 2.44. The SMILES string of the molecule is N#CC(=O)N1CCC(F)(F)C1. The van der Waals surface area contributed by atoms with Crippen LogP contribution in [0, 0.1) is 11.3 Å². The Bertz CT molecular complexity index is 221. The molecule has 1 saturated heterocycles. The first-order chi connectivity index (χ1) is 5.05. The molecule has 0 aromatic carbocycles. The number of carbonyl (C=O) groups is 1. The molecule has 0 aromatic heterocycles. The van der Waals surface area contributed by atoms with Gasteiger partial charge < -0.3 is 4.90 Å². The average Bonchev–Trinajstić information content (AvgIpc) is 2.29. The van der Waals surface area contributed by atoms with Crippen molar-refractivity contribution in [1.29, 1.82) is 5.26 Å². The van der Waals surface area contributed by atoms with E-state index in [1.54, 1.807) is 0 Å². The van der Waals surface area contributed by atoms with Crippen LogP contribution in [0.2, 0.25) is 0 Å². The van der Waals surface area contributed by atoms with Gasteiger partial charge in [0.25, 0.3) is 5.92 Å². The number of likely N-dealkylation sites (tertiary alicyclic amines) is 1. The summed E-state index contributed by atoms with van der Waals surface area (Å²) in [6, 6.07) is 1.30. The molecule has 1 amide bonds. The third-order valence-corrected chi connectivity index (χ3v) is 1.55. The lowest BCUT2D eigenvalue weighted by atomic mass is 10.3. The van der Waals surface area contributed by atoms with Gasteiger partial charge in [0.1, 0.15) is 0 Å². The van der Waals surface area contributed by atoms with Gasteiger partial charge in [0.2, 0.25) is 0 Å². The highest BCUT2D eigenvalue weighted by atomic mass is 19.3. The van der Waals surface area contributed by atoms with Gasteiger partial charge in [-0.25, -0.2) is 8.78 Å². The summed E-state index contributed by atoms with van der Waals surface area (Å²) in [4.78, 5) is 11.4. The lowest BCUT2D eigenvalue weighted by Crippen LogP contribution is -2.30. The molecule has 0 atom stereocenters. The predicted molar refractivity (Wildman–Crippen MR) is 31.8 cm³/mol. The van der Waals surface area contributed by atoms with Crippen LogP contribution in [0.4, 0.5) is 8.78 Å². The van der Waals surface area contributed by atoms with Crippen LogP contribution in [0.5, 0.6) is 0 Å². The van der Waals surface area contributed by atoms with Crippen LogP contribution in [0.3, 0.4) is 0 Å². The van der Waals surface area contributed by atoms with Gasteiger partial charge in [0.15, 0.2) is 6.07 Å². The molecule has 1 fully saturated rings. The minimum atomic E-state index is -2.80. The number of carbonyl (C=O) groups excluding carboxylic acids is 1. The standard InChI is InChI=1S/C6H6F2N2O/c7-6(8)1-2-10(4-6)5(11)3-9/h1-2,4H2. The third-order valence-electron chi connectivity index (χ3n) is 1.55. The number of nitriles is 1. The fourth-order valence-corrected chi connectivity index (χ4v) is 0.980. The van der Waals surface area contributed by atoms with Crippen molar-refractivity contribution < 1.29 is 13.6 Å². The summed E-state index contributed by atoms with van der Waals surface area (Å²) >= 11 is 0. The number of hydrogen-bond donors (Lipinski definition) is 0. The second-order valence-corrected chi connectivity index (χ2v) is 2.44. The molecule has 3 nitrogen and oxygen atoms in total. The van der Waals surface area contributed by atoms with Gasteiger partial charge in [-0.15, -0.1) is 0 Å². The molecule has 1 aliphatic heterocycles. The Morgan fingerprint density at radius 1 is 1.64 bits per heavy atom. The van der Waals surface area contributed by atoms with E-state index < -0.39 is 18.4 Å². The van der Waals surface area contributed by atoms with Crippen LogP contribution in [0.25, 0.3) is 0 Å². The quantitative estimate of drug-likeness (QED) is 0.481. The molecular formula is C6H6F2N2O. The molecule has 0 saturated carbocycles. The average molecular weight is 160 g/mol. The lowest BCUT2D eigenvalue weighted by Gasteiger charge is -2.10.